The molecule has 0 saturated carbocycles. The minimum Gasteiger partial charge on any atom is -0.489 e. The monoisotopic (exact) mass is 433 g/mol. The van der Waals surface area contributed by atoms with Crippen LogP contribution in [0.2, 0.25) is 0 Å². The van der Waals surface area contributed by atoms with E-state index in [0.29, 0.717) is 12.5 Å². The Morgan fingerprint density at radius 3 is 2.38 bits per heavy atom. The molecule has 0 amide bonds. The summed E-state index contributed by atoms with van der Waals surface area (Å²) in [6.07, 6.45) is 5.29. The van der Waals surface area contributed by atoms with Gasteiger partial charge in [-0.25, -0.2) is 4.98 Å². The summed E-state index contributed by atoms with van der Waals surface area (Å²) in [6.45, 7) is 9.79. The largest absolute Gasteiger partial charge is 0.489 e. The van der Waals surface area contributed by atoms with Crippen molar-refractivity contribution < 1.29 is 19.1 Å². The quantitative estimate of drug-likeness (QED) is 0.480. The van der Waals surface area contributed by atoms with Gasteiger partial charge in [0.2, 0.25) is 5.89 Å². The standard InChI is InChI=1S/C27H31NO4/c1-26(2)11-12-27(3,4)23-15-18(5-10-22(23)26)17-32-20-8-6-19(7-9-20)21(16-24(29)30)25-28-13-14-31-25/h5-10,13-15,21H,11-12,16-17H2,1-4H3,(H,29,30)/t21-/m0/s1. The minimum atomic E-state index is -0.896. The Labute approximate surface area is 189 Å². The average Bonchev–Trinajstić information content (AvgIpc) is 3.29. The molecule has 0 unspecified atom stereocenters. The van der Waals surface area contributed by atoms with E-state index in [4.69, 9.17) is 9.15 Å². The molecule has 1 aromatic heterocycles. The number of carbonyl (C=O) groups is 1. The summed E-state index contributed by atoms with van der Waals surface area (Å²) in [5, 5.41) is 9.27. The lowest BCUT2D eigenvalue weighted by Crippen LogP contribution is -2.33. The van der Waals surface area contributed by atoms with Crippen LogP contribution in [0.1, 0.15) is 81.0 Å². The van der Waals surface area contributed by atoms with Gasteiger partial charge in [0.1, 0.15) is 18.6 Å². The zero-order valence-corrected chi connectivity index (χ0v) is 19.2. The third kappa shape index (κ3) is 4.57. The Hall–Kier alpha value is -3.08. The van der Waals surface area contributed by atoms with Crippen molar-refractivity contribution in [1.29, 1.82) is 0 Å². The van der Waals surface area contributed by atoms with Gasteiger partial charge >= 0.3 is 5.97 Å². The van der Waals surface area contributed by atoms with Gasteiger partial charge in [-0.15, -0.1) is 0 Å². The number of aromatic nitrogens is 1. The van der Waals surface area contributed by atoms with Crippen LogP contribution < -0.4 is 4.74 Å². The van der Waals surface area contributed by atoms with Crippen molar-refractivity contribution in [3.8, 4) is 5.75 Å². The lowest BCUT2D eigenvalue weighted by molar-refractivity contribution is -0.137. The molecule has 5 nitrogen and oxygen atoms in total. The predicted octanol–water partition coefficient (Wildman–Crippen LogP) is 6.21. The number of oxazole rings is 1. The summed E-state index contributed by atoms with van der Waals surface area (Å²) < 4.78 is 11.4. The number of benzene rings is 2. The summed E-state index contributed by atoms with van der Waals surface area (Å²) in [5.74, 6) is -0.178. The van der Waals surface area contributed by atoms with Gasteiger partial charge in [0.15, 0.2) is 0 Å². The number of ether oxygens (including phenoxy) is 1. The van der Waals surface area contributed by atoms with Crippen LogP contribution >= 0.6 is 0 Å². The summed E-state index contributed by atoms with van der Waals surface area (Å²) in [4.78, 5) is 15.4. The highest BCUT2D eigenvalue weighted by Gasteiger charge is 2.36. The van der Waals surface area contributed by atoms with Gasteiger partial charge in [-0.2, -0.15) is 0 Å². The second kappa shape index (κ2) is 8.45. The fourth-order valence-electron chi connectivity index (χ4n) is 4.62. The van der Waals surface area contributed by atoms with Gasteiger partial charge in [-0.1, -0.05) is 58.0 Å². The van der Waals surface area contributed by atoms with Crippen molar-refractivity contribution in [2.24, 2.45) is 0 Å². The number of fused-ring (bicyclic) bond motifs is 1. The van der Waals surface area contributed by atoms with Crippen LogP contribution in [0, 0.1) is 0 Å². The number of rotatable bonds is 7. The Bertz CT molecular complexity index is 1080. The third-order valence-electron chi connectivity index (χ3n) is 6.73. The number of hydrogen-bond acceptors (Lipinski definition) is 4. The average molecular weight is 434 g/mol. The summed E-state index contributed by atoms with van der Waals surface area (Å²) in [6, 6.07) is 14.2. The highest BCUT2D eigenvalue weighted by Crippen LogP contribution is 2.46. The molecule has 1 aliphatic carbocycles. The molecular weight excluding hydrogens is 402 g/mol. The molecule has 168 valence electrons. The number of aliphatic carboxylic acids is 1. The molecular formula is C27H31NO4. The van der Waals surface area contributed by atoms with E-state index >= 15 is 0 Å². The summed E-state index contributed by atoms with van der Waals surface area (Å²) in [7, 11) is 0. The highest BCUT2D eigenvalue weighted by atomic mass is 16.5. The van der Waals surface area contributed by atoms with E-state index in [1.54, 1.807) is 0 Å². The zero-order chi connectivity index (χ0) is 22.9. The van der Waals surface area contributed by atoms with Crippen molar-refractivity contribution in [1.82, 2.24) is 4.98 Å². The van der Waals surface area contributed by atoms with Crippen LogP contribution in [0.5, 0.6) is 5.75 Å². The Balaban J connectivity index is 1.49. The van der Waals surface area contributed by atoms with Crippen LogP contribution in [0.4, 0.5) is 0 Å². The van der Waals surface area contributed by atoms with Gasteiger partial charge in [-0.05, 0) is 58.1 Å². The van der Waals surface area contributed by atoms with Gasteiger partial charge in [0, 0.05) is 0 Å². The van der Waals surface area contributed by atoms with E-state index in [2.05, 4.69) is 50.9 Å². The molecule has 3 aromatic rings. The molecule has 0 radical (unpaired) electrons. The first-order valence-corrected chi connectivity index (χ1v) is 11.1. The first kappa shape index (κ1) is 22.1. The molecule has 1 atom stereocenters. The predicted molar refractivity (Wildman–Crippen MR) is 123 cm³/mol. The van der Waals surface area contributed by atoms with E-state index in [-0.39, 0.29) is 17.3 Å². The maximum atomic E-state index is 11.3. The van der Waals surface area contributed by atoms with E-state index in [1.165, 1.54) is 36.4 Å². The van der Waals surface area contributed by atoms with Gasteiger partial charge in [-0.3, -0.25) is 4.79 Å². The molecule has 4 rings (SSSR count). The van der Waals surface area contributed by atoms with Crippen molar-refractivity contribution in [3.05, 3.63) is 83.1 Å². The lowest BCUT2D eigenvalue weighted by atomic mass is 9.63. The summed E-state index contributed by atoms with van der Waals surface area (Å²) >= 11 is 0. The van der Waals surface area contributed by atoms with E-state index < -0.39 is 11.9 Å². The van der Waals surface area contributed by atoms with Gasteiger partial charge in [0.25, 0.3) is 0 Å². The second-order valence-corrected chi connectivity index (χ2v) is 10.0. The minimum absolute atomic E-state index is 0.0814. The molecule has 0 fully saturated rings. The highest BCUT2D eigenvalue weighted by molar-refractivity contribution is 5.68. The molecule has 2 aromatic carbocycles. The fourth-order valence-corrected chi connectivity index (χ4v) is 4.62. The topological polar surface area (TPSA) is 72.6 Å². The maximum absolute atomic E-state index is 11.3. The smallest absolute Gasteiger partial charge is 0.304 e. The van der Waals surface area contributed by atoms with Gasteiger partial charge < -0.3 is 14.3 Å². The number of nitrogens with zero attached hydrogens (tertiary/aromatic N) is 1. The van der Waals surface area contributed by atoms with E-state index in [9.17, 15) is 9.90 Å². The molecule has 0 spiro atoms. The van der Waals surface area contributed by atoms with Gasteiger partial charge in [0.05, 0.1) is 18.5 Å². The van der Waals surface area contributed by atoms with Crippen molar-refractivity contribution in [2.45, 2.75) is 70.3 Å². The molecule has 0 bridgehead atoms. The van der Waals surface area contributed by atoms with Crippen LogP contribution in [-0.2, 0) is 22.2 Å². The van der Waals surface area contributed by atoms with Crippen LogP contribution in [0.3, 0.4) is 0 Å². The Kier molecular flexibility index (Phi) is 5.85. The van der Waals surface area contributed by atoms with Crippen LogP contribution in [0.15, 0.2) is 59.3 Å². The third-order valence-corrected chi connectivity index (χ3v) is 6.73. The molecule has 1 N–H and O–H groups in total. The molecule has 0 saturated heterocycles. The van der Waals surface area contributed by atoms with Crippen LogP contribution in [-0.4, -0.2) is 16.1 Å². The first-order valence-electron chi connectivity index (χ1n) is 11.1. The molecule has 32 heavy (non-hydrogen) atoms. The molecule has 1 heterocycles. The SMILES string of the molecule is CC1(C)CCC(C)(C)c2cc(COc3ccc([C@H](CC(=O)O)c4ncco4)cc3)ccc21. The zero-order valence-electron chi connectivity index (χ0n) is 19.2. The number of carboxylic acids is 1. The molecule has 1 aliphatic rings. The Morgan fingerprint density at radius 2 is 1.75 bits per heavy atom. The first-order chi connectivity index (χ1) is 15.2. The lowest BCUT2D eigenvalue weighted by Gasteiger charge is -2.42. The number of hydrogen-bond donors (Lipinski definition) is 1. The second-order valence-electron chi connectivity index (χ2n) is 10.0. The fraction of sp³-hybridized carbons (Fsp3) is 0.407. The van der Waals surface area contributed by atoms with Crippen molar-refractivity contribution >= 4 is 5.97 Å². The molecule has 0 aliphatic heterocycles. The van der Waals surface area contributed by atoms with Crippen LogP contribution in [0.25, 0.3) is 0 Å². The number of carboxylic acid groups (broad SMARTS) is 1. The normalized spacial score (nSPS) is 17.4. The van der Waals surface area contributed by atoms with Crippen molar-refractivity contribution in [3.63, 3.8) is 0 Å². The maximum Gasteiger partial charge on any atom is 0.304 e. The molecule has 5 heteroatoms. The van der Waals surface area contributed by atoms with E-state index in [1.807, 2.05) is 24.3 Å². The van der Waals surface area contributed by atoms with E-state index in [0.717, 1.165) is 16.9 Å². The Morgan fingerprint density at radius 1 is 1.06 bits per heavy atom. The summed E-state index contributed by atoms with van der Waals surface area (Å²) in [5.41, 5.74) is 5.23. The van der Waals surface area contributed by atoms with Crippen molar-refractivity contribution in [2.75, 3.05) is 0 Å².